The zero-order valence-electron chi connectivity index (χ0n) is 23.4. The third-order valence-electron chi connectivity index (χ3n) is 7.56. The van der Waals surface area contributed by atoms with Crippen LogP contribution >= 0.6 is 0 Å². The number of rotatable bonds is 8. The van der Waals surface area contributed by atoms with Crippen LogP contribution in [0.1, 0.15) is 0 Å². The van der Waals surface area contributed by atoms with Crippen LogP contribution in [0, 0.1) is 0 Å². The van der Waals surface area contributed by atoms with Gasteiger partial charge in [-0.05, 0) is 18.2 Å². The van der Waals surface area contributed by atoms with Crippen LogP contribution in [0.3, 0.4) is 0 Å². The van der Waals surface area contributed by atoms with E-state index in [1.165, 1.54) is 25.3 Å². The number of methoxy groups -OCH3 is 1. The number of aliphatic hydroxyl groups is 7. The smallest absolute Gasteiger partial charge is 0.239 e. The van der Waals surface area contributed by atoms with Gasteiger partial charge in [0.2, 0.25) is 17.5 Å². The van der Waals surface area contributed by atoms with Gasteiger partial charge in [-0.3, -0.25) is 4.79 Å². The van der Waals surface area contributed by atoms with Crippen molar-refractivity contribution in [1.29, 1.82) is 0 Å². The lowest BCUT2D eigenvalue weighted by molar-refractivity contribution is -0.352. The number of hydrogen-bond acceptors (Lipinski definition) is 17. The number of aromatic hydroxyl groups is 3. The summed E-state index contributed by atoms with van der Waals surface area (Å²) in [6.07, 6.45) is -17.8. The van der Waals surface area contributed by atoms with E-state index in [1.54, 1.807) is 0 Å². The van der Waals surface area contributed by atoms with Crippen LogP contribution < -0.4 is 14.9 Å². The number of phenols is 3. The summed E-state index contributed by atoms with van der Waals surface area (Å²) < 4.78 is 33.2. The number of ether oxygens (including phenoxy) is 5. The highest BCUT2D eigenvalue weighted by Crippen LogP contribution is 2.40. The molecule has 0 saturated carbocycles. The van der Waals surface area contributed by atoms with Crippen molar-refractivity contribution in [1.82, 2.24) is 0 Å². The molecule has 2 aliphatic heterocycles. The number of hydrogen-bond donors (Lipinski definition) is 10. The van der Waals surface area contributed by atoms with Gasteiger partial charge in [0.05, 0.1) is 20.3 Å². The standard InChI is InChI=1S/C28H32O17/c1-40-13-4-9(2-3-11(13)32)24-26(20(36)17-12(33)5-10(31)6-14(17)41-24)45-28-23(39)25(19(35)16(8-30)43-28)44-27-22(38)21(37)18(34)15(7-29)42-27/h2-6,15-16,18-19,21-23,25,27-35,37-39H,7-8H2,1H3/t15-,16+,18-,19-,21+,22-,23-,25+,27+,28+/m1/s1. The highest BCUT2D eigenvalue weighted by Gasteiger charge is 2.51. The van der Waals surface area contributed by atoms with E-state index in [1.807, 2.05) is 0 Å². The van der Waals surface area contributed by atoms with Crippen LogP contribution in [0.15, 0.2) is 39.5 Å². The summed E-state index contributed by atoms with van der Waals surface area (Å²) in [4.78, 5) is 13.7. The maximum absolute atomic E-state index is 13.7. The summed E-state index contributed by atoms with van der Waals surface area (Å²) in [5.74, 6) is -2.43. The second-order valence-electron chi connectivity index (χ2n) is 10.4. The Kier molecular flexibility index (Phi) is 9.38. The van der Waals surface area contributed by atoms with Gasteiger partial charge in [-0.15, -0.1) is 0 Å². The molecule has 0 bridgehead atoms. The summed E-state index contributed by atoms with van der Waals surface area (Å²) >= 11 is 0. The molecule has 5 rings (SSSR count). The average Bonchev–Trinajstić information content (AvgIpc) is 3.01. The molecule has 17 heteroatoms. The van der Waals surface area contributed by atoms with Gasteiger partial charge in [-0.25, -0.2) is 0 Å². The fourth-order valence-corrected chi connectivity index (χ4v) is 5.15. The third kappa shape index (κ3) is 5.98. The van der Waals surface area contributed by atoms with Crippen molar-refractivity contribution in [2.45, 2.75) is 61.4 Å². The topological polar surface area (TPSA) is 279 Å². The van der Waals surface area contributed by atoms with Crippen LogP contribution in [-0.4, -0.2) is 133 Å². The Labute approximate surface area is 252 Å². The Morgan fingerprint density at radius 2 is 1.44 bits per heavy atom. The first-order valence-corrected chi connectivity index (χ1v) is 13.5. The van der Waals surface area contributed by atoms with E-state index in [0.717, 1.165) is 12.1 Å². The number of aliphatic hydroxyl groups excluding tert-OH is 7. The van der Waals surface area contributed by atoms with Crippen LogP contribution in [-0.2, 0) is 14.2 Å². The Bertz CT molecular complexity index is 1570. The summed E-state index contributed by atoms with van der Waals surface area (Å²) in [5, 5.41) is 102. The molecule has 0 amide bonds. The van der Waals surface area contributed by atoms with Crippen molar-refractivity contribution in [3.63, 3.8) is 0 Å². The fraction of sp³-hybridized carbons (Fsp3) is 0.464. The Hall–Kier alpha value is -3.75. The number of benzene rings is 2. The highest BCUT2D eigenvalue weighted by molar-refractivity contribution is 5.88. The van der Waals surface area contributed by atoms with Gasteiger partial charge in [-0.2, -0.15) is 0 Å². The van der Waals surface area contributed by atoms with Gasteiger partial charge in [0, 0.05) is 17.7 Å². The molecule has 17 nitrogen and oxygen atoms in total. The molecule has 10 N–H and O–H groups in total. The number of fused-ring (bicyclic) bond motifs is 1. The Morgan fingerprint density at radius 3 is 2.11 bits per heavy atom. The predicted octanol–water partition coefficient (Wildman–Crippen LogP) is -2.41. The van der Waals surface area contributed by atoms with Crippen LogP contribution in [0.2, 0.25) is 0 Å². The minimum Gasteiger partial charge on any atom is -0.508 e. The monoisotopic (exact) mass is 640 g/mol. The molecule has 0 radical (unpaired) electrons. The average molecular weight is 641 g/mol. The minimum atomic E-state index is -2.01. The second kappa shape index (κ2) is 12.9. The lowest BCUT2D eigenvalue weighted by Crippen LogP contribution is -2.65. The normalized spacial score (nSPS) is 32.0. The quantitative estimate of drug-likeness (QED) is 0.123. The van der Waals surface area contributed by atoms with E-state index >= 15 is 0 Å². The molecule has 45 heavy (non-hydrogen) atoms. The first-order chi connectivity index (χ1) is 21.4. The van der Waals surface area contributed by atoms with Gasteiger partial charge in [0.25, 0.3) is 0 Å². The van der Waals surface area contributed by atoms with Crippen LogP contribution in [0.4, 0.5) is 0 Å². The van der Waals surface area contributed by atoms with Crippen molar-refractivity contribution < 1.29 is 79.2 Å². The fourth-order valence-electron chi connectivity index (χ4n) is 5.15. The van der Waals surface area contributed by atoms with E-state index in [0.29, 0.717) is 0 Å². The van der Waals surface area contributed by atoms with E-state index in [4.69, 9.17) is 28.1 Å². The molecule has 2 fully saturated rings. The first-order valence-electron chi connectivity index (χ1n) is 13.5. The van der Waals surface area contributed by atoms with Crippen molar-refractivity contribution in [2.24, 2.45) is 0 Å². The molecule has 2 aromatic carbocycles. The molecule has 1 aromatic heterocycles. The van der Waals surface area contributed by atoms with Gasteiger partial charge in [0.15, 0.2) is 23.5 Å². The molecule has 2 aliphatic rings. The van der Waals surface area contributed by atoms with Crippen LogP contribution in [0.25, 0.3) is 22.3 Å². The van der Waals surface area contributed by atoms with E-state index in [2.05, 4.69) is 0 Å². The summed E-state index contributed by atoms with van der Waals surface area (Å²) in [6.45, 7) is -1.65. The number of phenolic OH excluding ortho intramolecular Hbond substituents is 3. The SMILES string of the molecule is COc1cc(-c2oc3cc(O)cc(O)c3c(=O)c2O[C@@H]2O[C@@H](CO)[C@@H](O)[C@H](O[C@@H]3O[C@H](CO)[C@@H](O)[C@H](O)[C@H]3O)[C@H]2O)ccc1O. The predicted molar refractivity (Wildman–Crippen MR) is 146 cm³/mol. The van der Waals surface area contributed by atoms with Crippen LogP contribution in [0.5, 0.6) is 28.7 Å². The summed E-state index contributed by atoms with van der Waals surface area (Å²) in [7, 11) is 1.27. The molecule has 10 atom stereocenters. The van der Waals surface area contributed by atoms with Gasteiger partial charge in [0.1, 0.15) is 71.3 Å². The molecule has 0 unspecified atom stereocenters. The van der Waals surface area contributed by atoms with E-state index < -0.39 is 103 Å². The van der Waals surface area contributed by atoms with Gasteiger partial charge >= 0.3 is 0 Å². The Morgan fingerprint density at radius 1 is 0.778 bits per heavy atom. The summed E-state index contributed by atoms with van der Waals surface area (Å²) in [6, 6.07) is 5.74. The lowest BCUT2D eigenvalue weighted by atomic mass is 9.97. The molecule has 0 spiro atoms. The largest absolute Gasteiger partial charge is 0.508 e. The van der Waals surface area contributed by atoms with Gasteiger partial charge < -0.3 is 79.2 Å². The van der Waals surface area contributed by atoms with E-state index in [-0.39, 0.29) is 28.4 Å². The van der Waals surface area contributed by atoms with Gasteiger partial charge in [-0.1, -0.05) is 0 Å². The molecule has 0 aliphatic carbocycles. The van der Waals surface area contributed by atoms with E-state index in [9.17, 15) is 55.9 Å². The zero-order valence-corrected chi connectivity index (χ0v) is 23.4. The Balaban J connectivity index is 1.56. The maximum Gasteiger partial charge on any atom is 0.239 e. The first kappa shape index (κ1) is 32.6. The van der Waals surface area contributed by atoms with Crippen molar-refractivity contribution in [2.75, 3.05) is 20.3 Å². The summed E-state index contributed by atoms with van der Waals surface area (Å²) in [5.41, 5.74) is -1.20. The molecular formula is C28H32O17. The highest BCUT2D eigenvalue weighted by atomic mass is 16.7. The second-order valence-corrected chi connectivity index (χ2v) is 10.4. The van der Waals surface area contributed by atoms with Crippen molar-refractivity contribution in [3.05, 3.63) is 40.6 Å². The molecular weight excluding hydrogens is 608 g/mol. The minimum absolute atomic E-state index is 0.0367. The third-order valence-corrected chi connectivity index (χ3v) is 7.56. The van der Waals surface area contributed by atoms with Crippen molar-refractivity contribution in [3.8, 4) is 40.1 Å². The molecule has 2 saturated heterocycles. The molecule has 3 aromatic rings. The zero-order chi connectivity index (χ0) is 32.7. The van der Waals surface area contributed by atoms with Crippen molar-refractivity contribution >= 4 is 11.0 Å². The molecule has 3 heterocycles. The maximum atomic E-state index is 13.7. The lowest BCUT2D eigenvalue weighted by Gasteiger charge is -2.45. The molecule has 246 valence electrons.